The van der Waals surface area contributed by atoms with Crippen molar-refractivity contribution in [2.75, 3.05) is 6.54 Å². The summed E-state index contributed by atoms with van der Waals surface area (Å²) in [6, 6.07) is 4.01. The minimum absolute atomic E-state index is 0.625. The second kappa shape index (κ2) is 3.72. The molecule has 0 aromatic carbocycles. The second-order valence-electron chi connectivity index (χ2n) is 2.70. The topological polar surface area (TPSA) is 52.0 Å². The Morgan fingerprint density at radius 3 is 3.15 bits per heavy atom. The highest BCUT2D eigenvalue weighted by atomic mass is 32.1. The molecule has 0 aliphatic heterocycles. The third-order valence-electron chi connectivity index (χ3n) is 1.80. The zero-order valence-corrected chi connectivity index (χ0v) is 7.88. The van der Waals surface area contributed by atoms with Gasteiger partial charge in [-0.25, -0.2) is 0 Å². The van der Waals surface area contributed by atoms with Crippen LogP contribution in [0.25, 0.3) is 10.6 Å². The Balaban J connectivity index is 2.35. The molecule has 4 heteroatoms. The Bertz CT molecular complexity index is 367. The first kappa shape index (κ1) is 8.47. The molecule has 2 heterocycles. The molecule has 3 nitrogen and oxygen atoms in total. The van der Waals surface area contributed by atoms with E-state index in [1.807, 2.05) is 17.5 Å². The fourth-order valence-electron chi connectivity index (χ4n) is 1.20. The standard InChI is InChI=1S/C9H10N2OS/c10-4-3-7-6-11-12-9(7)8-2-1-5-13-8/h1-2,5-6H,3-4,10H2. The van der Waals surface area contributed by atoms with Gasteiger partial charge in [-0.2, -0.15) is 0 Å². The summed E-state index contributed by atoms with van der Waals surface area (Å²) in [7, 11) is 0. The van der Waals surface area contributed by atoms with E-state index in [2.05, 4.69) is 5.16 Å². The maximum atomic E-state index is 5.48. The first-order valence-corrected chi connectivity index (χ1v) is 4.97. The number of rotatable bonds is 3. The minimum atomic E-state index is 0.625. The normalized spacial score (nSPS) is 10.5. The highest BCUT2D eigenvalue weighted by Crippen LogP contribution is 2.27. The largest absolute Gasteiger partial charge is 0.355 e. The number of nitrogens with zero attached hydrogens (tertiary/aromatic N) is 1. The second-order valence-corrected chi connectivity index (χ2v) is 3.64. The van der Waals surface area contributed by atoms with Gasteiger partial charge >= 0.3 is 0 Å². The molecular weight excluding hydrogens is 184 g/mol. The van der Waals surface area contributed by atoms with Crippen LogP contribution in [0.4, 0.5) is 0 Å². The van der Waals surface area contributed by atoms with Crippen LogP contribution in [0.3, 0.4) is 0 Å². The predicted octanol–water partition coefficient (Wildman–Crippen LogP) is 1.90. The molecule has 2 rings (SSSR count). The van der Waals surface area contributed by atoms with Gasteiger partial charge in [-0.15, -0.1) is 11.3 Å². The smallest absolute Gasteiger partial charge is 0.179 e. The minimum Gasteiger partial charge on any atom is -0.355 e. The monoisotopic (exact) mass is 194 g/mol. The van der Waals surface area contributed by atoms with Crippen molar-refractivity contribution in [1.82, 2.24) is 5.16 Å². The zero-order valence-electron chi connectivity index (χ0n) is 7.06. The van der Waals surface area contributed by atoms with Crippen LogP contribution in [0, 0.1) is 0 Å². The van der Waals surface area contributed by atoms with E-state index in [-0.39, 0.29) is 0 Å². The van der Waals surface area contributed by atoms with Crippen molar-refractivity contribution in [2.24, 2.45) is 5.73 Å². The van der Waals surface area contributed by atoms with Gasteiger partial charge in [0.15, 0.2) is 5.76 Å². The molecule has 0 unspecified atom stereocenters. The molecule has 2 aromatic heterocycles. The summed E-state index contributed by atoms with van der Waals surface area (Å²) in [5.41, 5.74) is 6.56. The number of nitrogens with two attached hydrogens (primary N) is 1. The van der Waals surface area contributed by atoms with E-state index >= 15 is 0 Å². The molecule has 0 fully saturated rings. The van der Waals surface area contributed by atoms with Crippen molar-refractivity contribution in [3.8, 4) is 10.6 Å². The lowest BCUT2D eigenvalue weighted by Crippen LogP contribution is -2.02. The Kier molecular flexibility index (Phi) is 2.42. The highest BCUT2D eigenvalue weighted by molar-refractivity contribution is 7.13. The summed E-state index contributed by atoms with van der Waals surface area (Å²) in [5.74, 6) is 0.862. The summed E-state index contributed by atoms with van der Waals surface area (Å²) in [6.45, 7) is 0.625. The van der Waals surface area contributed by atoms with Gasteiger partial charge in [-0.1, -0.05) is 11.2 Å². The van der Waals surface area contributed by atoms with Crippen LogP contribution in [-0.4, -0.2) is 11.7 Å². The quantitative estimate of drug-likeness (QED) is 0.812. The van der Waals surface area contributed by atoms with Gasteiger partial charge in [0.25, 0.3) is 0 Å². The number of hydrogen-bond acceptors (Lipinski definition) is 4. The maximum absolute atomic E-state index is 5.48. The molecule has 2 N–H and O–H groups in total. The van der Waals surface area contributed by atoms with E-state index < -0.39 is 0 Å². The average Bonchev–Trinajstić information content (AvgIpc) is 2.71. The third-order valence-corrected chi connectivity index (χ3v) is 2.67. The van der Waals surface area contributed by atoms with Crippen LogP contribution in [0.15, 0.2) is 28.2 Å². The molecule has 0 radical (unpaired) electrons. The summed E-state index contributed by atoms with van der Waals surface area (Å²) < 4.78 is 5.17. The molecule has 0 spiro atoms. The number of hydrogen-bond donors (Lipinski definition) is 1. The van der Waals surface area contributed by atoms with Crippen LogP contribution in [0.2, 0.25) is 0 Å². The van der Waals surface area contributed by atoms with E-state index in [0.717, 1.165) is 22.6 Å². The van der Waals surface area contributed by atoms with Crippen molar-refractivity contribution < 1.29 is 4.52 Å². The van der Waals surface area contributed by atoms with Crippen molar-refractivity contribution in [3.63, 3.8) is 0 Å². The summed E-state index contributed by atoms with van der Waals surface area (Å²) >= 11 is 1.65. The Hall–Kier alpha value is -1.13. The predicted molar refractivity (Wildman–Crippen MR) is 52.6 cm³/mol. The van der Waals surface area contributed by atoms with E-state index in [1.165, 1.54) is 0 Å². The van der Waals surface area contributed by atoms with Crippen molar-refractivity contribution in [3.05, 3.63) is 29.3 Å². The summed E-state index contributed by atoms with van der Waals surface area (Å²) in [6.07, 6.45) is 2.55. The molecule has 0 aliphatic carbocycles. The molecule has 0 aliphatic rings. The van der Waals surface area contributed by atoms with Crippen LogP contribution >= 0.6 is 11.3 Å². The average molecular weight is 194 g/mol. The van der Waals surface area contributed by atoms with Crippen LogP contribution in [0.1, 0.15) is 5.56 Å². The zero-order chi connectivity index (χ0) is 9.10. The highest BCUT2D eigenvalue weighted by Gasteiger charge is 2.09. The molecule has 0 amide bonds. The Morgan fingerprint density at radius 2 is 2.46 bits per heavy atom. The van der Waals surface area contributed by atoms with E-state index in [0.29, 0.717) is 6.54 Å². The van der Waals surface area contributed by atoms with Gasteiger partial charge in [0.2, 0.25) is 0 Å². The van der Waals surface area contributed by atoms with Crippen molar-refractivity contribution in [1.29, 1.82) is 0 Å². The van der Waals surface area contributed by atoms with Gasteiger partial charge in [0.05, 0.1) is 11.1 Å². The lowest BCUT2D eigenvalue weighted by Gasteiger charge is -1.94. The third kappa shape index (κ3) is 1.64. The van der Waals surface area contributed by atoms with E-state index in [4.69, 9.17) is 10.3 Å². The van der Waals surface area contributed by atoms with Crippen LogP contribution < -0.4 is 5.73 Å². The van der Waals surface area contributed by atoms with Gasteiger partial charge in [-0.05, 0) is 24.4 Å². The van der Waals surface area contributed by atoms with Crippen LogP contribution in [-0.2, 0) is 6.42 Å². The van der Waals surface area contributed by atoms with Gasteiger partial charge in [-0.3, -0.25) is 0 Å². The van der Waals surface area contributed by atoms with Crippen molar-refractivity contribution in [2.45, 2.75) is 6.42 Å². The molecule has 0 bridgehead atoms. The Morgan fingerprint density at radius 1 is 1.54 bits per heavy atom. The number of aromatic nitrogens is 1. The molecule has 0 atom stereocenters. The van der Waals surface area contributed by atoms with Gasteiger partial charge in [0, 0.05) is 5.56 Å². The Labute approximate surface area is 80.2 Å². The molecular formula is C9H10N2OS. The van der Waals surface area contributed by atoms with Crippen LogP contribution in [0.5, 0.6) is 0 Å². The lowest BCUT2D eigenvalue weighted by atomic mass is 10.2. The molecule has 2 aromatic rings. The SMILES string of the molecule is NCCc1cnoc1-c1cccs1. The number of thiophene rings is 1. The molecule has 13 heavy (non-hydrogen) atoms. The van der Waals surface area contributed by atoms with Gasteiger partial charge < -0.3 is 10.3 Å². The van der Waals surface area contributed by atoms with E-state index in [9.17, 15) is 0 Å². The summed E-state index contributed by atoms with van der Waals surface area (Å²) in [4.78, 5) is 1.11. The molecule has 0 saturated heterocycles. The summed E-state index contributed by atoms with van der Waals surface area (Å²) in [5, 5.41) is 5.79. The van der Waals surface area contributed by atoms with Gasteiger partial charge in [0.1, 0.15) is 0 Å². The maximum Gasteiger partial charge on any atom is 0.179 e. The van der Waals surface area contributed by atoms with Crippen molar-refractivity contribution >= 4 is 11.3 Å². The fourth-order valence-corrected chi connectivity index (χ4v) is 1.94. The molecule has 0 saturated carbocycles. The lowest BCUT2D eigenvalue weighted by molar-refractivity contribution is 0.432. The first-order chi connectivity index (χ1) is 6.42. The fraction of sp³-hybridized carbons (Fsp3) is 0.222. The first-order valence-electron chi connectivity index (χ1n) is 4.09. The van der Waals surface area contributed by atoms with E-state index in [1.54, 1.807) is 17.5 Å². The molecule has 68 valence electrons.